The number of benzene rings is 1. The second-order valence-corrected chi connectivity index (χ2v) is 6.08. The molecule has 0 unspecified atom stereocenters. The summed E-state index contributed by atoms with van der Waals surface area (Å²) in [6, 6.07) is 8.44. The van der Waals surface area contributed by atoms with Crippen molar-refractivity contribution in [3.63, 3.8) is 0 Å². The van der Waals surface area contributed by atoms with E-state index >= 15 is 0 Å². The Balaban J connectivity index is 2.19. The van der Waals surface area contributed by atoms with Crippen molar-refractivity contribution in [2.24, 2.45) is 0 Å². The Bertz CT molecular complexity index is 1130. The summed E-state index contributed by atoms with van der Waals surface area (Å²) in [5.41, 5.74) is 0.995. The van der Waals surface area contributed by atoms with Crippen LogP contribution in [-0.4, -0.2) is 22.1 Å². The summed E-state index contributed by atoms with van der Waals surface area (Å²) in [6.07, 6.45) is 0. The van der Waals surface area contributed by atoms with Crippen LogP contribution in [0.4, 0.5) is 10.2 Å². The van der Waals surface area contributed by atoms with Crippen molar-refractivity contribution in [1.29, 1.82) is 0 Å². The van der Waals surface area contributed by atoms with Crippen LogP contribution in [0.15, 0.2) is 35.1 Å². The number of rotatable bonds is 2. The molecule has 0 saturated carbocycles. The smallest absolute Gasteiger partial charge is 0.345 e. The molecule has 1 aromatic carbocycles. The number of fused-ring (bicyclic) bond motifs is 5. The summed E-state index contributed by atoms with van der Waals surface area (Å²) in [4.78, 5) is 29.4. The molecule has 1 aliphatic heterocycles. The van der Waals surface area contributed by atoms with Crippen molar-refractivity contribution in [2.75, 3.05) is 11.9 Å². The topological polar surface area (TPSA) is 73.2 Å². The first-order valence-corrected chi connectivity index (χ1v) is 8.34. The Morgan fingerprint density at radius 3 is 2.96 bits per heavy atom. The standard InChI is InChI=1S/C18H13ClFN3O3/c1-2-26-18(25)13-14(24)10-7-11(20)15(19)22-16(10)23-12-6-4-3-5-9(12)8-21-17(13)23/h3-7,21H,2,8H2,1H3. The zero-order valence-corrected chi connectivity index (χ0v) is 14.4. The number of nitrogens with zero attached hydrogens (tertiary/aromatic N) is 2. The number of hydrogen-bond donors (Lipinski definition) is 1. The molecule has 8 heteroatoms. The summed E-state index contributed by atoms with van der Waals surface area (Å²) < 4.78 is 20.6. The van der Waals surface area contributed by atoms with E-state index in [1.54, 1.807) is 11.5 Å². The van der Waals surface area contributed by atoms with Crippen LogP contribution in [0.25, 0.3) is 16.7 Å². The second kappa shape index (κ2) is 6.10. The number of carbonyl (C=O) groups is 1. The predicted octanol–water partition coefficient (Wildman–Crippen LogP) is 3.28. The largest absolute Gasteiger partial charge is 0.462 e. The Morgan fingerprint density at radius 1 is 1.42 bits per heavy atom. The van der Waals surface area contributed by atoms with Gasteiger partial charge in [-0.3, -0.25) is 9.36 Å². The first kappa shape index (κ1) is 16.5. The van der Waals surface area contributed by atoms with Crippen LogP contribution >= 0.6 is 11.6 Å². The van der Waals surface area contributed by atoms with Gasteiger partial charge in [-0.1, -0.05) is 29.8 Å². The Hall–Kier alpha value is -2.93. The van der Waals surface area contributed by atoms with E-state index in [9.17, 15) is 14.0 Å². The van der Waals surface area contributed by atoms with Gasteiger partial charge in [-0.05, 0) is 24.6 Å². The molecule has 0 saturated heterocycles. The van der Waals surface area contributed by atoms with Crippen molar-refractivity contribution in [2.45, 2.75) is 13.5 Å². The fraction of sp³-hybridized carbons (Fsp3) is 0.167. The Labute approximate surface area is 152 Å². The van der Waals surface area contributed by atoms with Gasteiger partial charge >= 0.3 is 5.97 Å². The first-order chi connectivity index (χ1) is 12.5. The van der Waals surface area contributed by atoms with Crippen LogP contribution in [0.3, 0.4) is 0 Å². The monoisotopic (exact) mass is 373 g/mol. The molecule has 3 aromatic rings. The van der Waals surface area contributed by atoms with Crippen molar-refractivity contribution < 1.29 is 13.9 Å². The molecule has 0 aliphatic carbocycles. The number of hydrogen-bond acceptors (Lipinski definition) is 5. The van der Waals surface area contributed by atoms with Crippen LogP contribution in [0.5, 0.6) is 0 Å². The van der Waals surface area contributed by atoms with Crippen LogP contribution < -0.4 is 10.7 Å². The molecule has 3 heterocycles. The van der Waals surface area contributed by atoms with Crippen molar-refractivity contribution >= 4 is 34.4 Å². The highest BCUT2D eigenvalue weighted by molar-refractivity contribution is 6.30. The number of anilines is 1. The number of carbonyl (C=O) groups excluding carboxylic acids is 1. The molecule has 26 heavy (non-hydrogen) atoms. The lowest BCUT2D eigenvalue weighted by atomic mass is 10.1. The van der Waals surface area contributed by atoms with Crippen LogP contribution in [0.2, 0.25) is 5.15 Å². The third kappa shape index (κ3) is 2.35. The minimum absolute atomic E-state index is 0.0443. The SMILES string of the molecule is CCOC(=O)c1c2n(c3nc(Cl)c(F)cc3c1=O)-c1ccccc1CN2. The minimum Gasteiger partial charge on any atom is -0.462 e. The number of ether oxygens (including phenoxy) is 1. The highest BCUT2D eigenvalue weighted by atomic mass is 35.5. The third-order valence-corrected chi connectivity index (χ3v) is 4.48. The van der Waals surface area contributed by atoms with Gasteiger partial charge in [0.05, 0.1) is 17.7 Å². The summed E-state index contributed by atoms with van der Waals surface area (Å²) in [5, 5.41) is 2.69. The van der Waals surface area contributed by atoms with E-state index in [-0.39, 0.29) is 34.2 Å². The molecule has 2 aromatic heterocycles. The Kier molecular flexibility index (Phi) is 3.88. The van der Waals surface area contributed by atoms with E-state index in [1.165, 1.54) is 0 Å². The van der Waals surface area contributed by atoms with Gasteiger partial charge in [0.15, 0.2) is 16.6 Å². The van der Waals surface area contributed by atoms with Gasteiger partial charge in [0.1, 0.15) is 11.4 Å². The lowest BCUT2D eigenvalue weighted by Crippen LogP contribution is -2.28. The average molecular weight is 374 g/mol. The van der Waals surface area contributed by atoms with Crippen LogP contribution in [0.1, 0.15) is 22.8 Å². The van der Waals surface area contributed by atoms with E-state index in [2.05, 4.69) is 10.3 Å². The van der Waals surface area contributed by atoms with E-state index in [0.29, 0.717) is 6.54 Å². The van der Waals surface area contributed by atoms with Gasteiger partial charge in [-0.25, -0.2) is 14.2 Å². The maximum Gasteiger partial charge on any atom is 0.345 e. The fourth-order valence-corrected chi connectivity index (χ4v) is 3.24. The van der Waals surface area contributed by atoms with Gasteiger partial charge in [-0.15, -0.1) is 0 Å². The molecule has 4 rings (SSSR count). The van der Waals surface area contributed by atoms with Gasteiger partial charge in [0.2, 0.25) is 5.43 Å². The molecular formula is C18H13ClFN3O3. The average Bonchev–Trinajstić information content (AvgIpc) is 2.63. The summed E-state index contributed by atoms with van der Waals surface area (Å²) in [5.74, 6) is -1.34. The molecular weight excluding hydrogens is 361 g/mol. The lowest BCUT2D eigenvalue weighted by molar-refractivity contribution is 0.0525. The lowest BCUT2D eigenvalue weighted by Gasteiger charge is -2.26. The number of para-hydroxylation sites is 1. The number of pyridine rings is 2. The van der Waals surface area contributed by atoms with Gasteiger partial charge < -0.3 is 10.1 Å². The number of nitrogens with one attached hydrogen (secondary N) is 1. The molecule has 132 valence electrons. The highest BCUT2D eigenvalue weighted by Gasteiger charge is 2.28. The molecule has 0 radical (unpaired) electrons. The first-order valence-electron chi connectivity index (χ1n) is 7.97. The van der Waals surface area contributed by atoms with Gasteiger partial charge in [0.25, 0.3) is 0 Å². The maximum atomic E-state index is 14.0. The fourth-order valence-electron chi connectivity index (χ4n) is 3.11. The highest BCUT2D eigenvalue weighted by Crippen LogP contribution is 2.32. The van der Waals surface area contributed by atoms with Crippen LogP contribution in [-0.2, 0) is 11.3 Å². The minimum atomic E-state index is -0.830. The molecule has 1 aliphatic rings. The van der Waals surface area contributed by atoms with Crippen molar-refractivity contribution in [1.82, 2.24) is 9.55 Å². The molecule has 6 nitrogen and oxygen atoms in total. The maximum absolute atomic E-state index is 14.0. The van der Waals surface area contributed by atoms with Crippen LogP contribution in [0, 0.1) is 5.82 Å². The molecule has 1 N–H and O–H groups in total. The molecule has 0 fully saturated rings. The summed E-state index contributed by atoms with van der Waals surface area (Å²) in [7, 11) is 0. The van der Waals surface area contributed by atoms with E-state index < -0.39 is 17.2 Å². The van der Waals surface area contributed by atoms with E-state index in [0.717, 1.165) is 17.3 Å². The van der Waals surface area contributed by atoms with E-state index in [1.807, 2.05) is 24.3 Å². The normalized spacial score (nSPS) is 12.3. The summed E-state index contributed by atoms with van der Waals surface area (Å²) in [6.45, 7) is 2.18. The van der Waals surface area contributed by atoms with Gasteiger partial charge in [0, 0.05) is 6.54 Å². The van der Waals surface area contributed by atoms with Crippen molar-refractivity contribution in [3.05, 3.63) is 62.7 Å². The molecule has 0 amide bonds. The summed E-state index contributed by atoms with van der Waals surface area (Å²) >= 11 is 5.85. The van der Waals surface area contributed by atoms with Gasteiger partial charge in [-0.2, -0.15) is 0 Å². The zero-order chi connectivity index (χ0) is 18.4. The number of esters is 1. The molecule has 0 atom stereocenters. The number of aromatic nitrogens is 2. The predicted molar refractivity (Wildman–Crippen MR) is 95.6 cm³/mol. The third-order valence-electron chi connectivity index (χ3n) is 4.22. The zero-order valence-electron chi connectivity index (χ0n) is 13.7. The van der Waals surface area contributed by atoms with Crippen molar-refractivity contribution in [3.8, 4) is 5.69 Å². The number of halogens is 2. The van der Waals surface area contributed by atoms with E-state index in [4.69, 9.17) is 16.3 Å². The molecule has 0 bridgehead atoms. The quantitative estimate of drug-likeness (QED) is 0.551. The molecule has 0 spiro atoms. The second-order valence-electron chi connectivity index (χ2n) is 5.72. The Morgan fingerprint density at radius 2 is 2.19 bits per heavy atom.